The van der Waals surface area contributed by atoms with E-state index in [0.29, 0.717) is 25.6 Å². The van der Waals surface area contributed by atoms with Crippen molar-refractivity contribution in [1.82, 2.24) is 25.5 Å². The smallest absolute Gasteiger partial charge is 0.245 e. The molecule has 0 fully saturated rings. The highest BCUT2D eigenvalue weighted by Crippen LogP contribution is 2.12. The molecule has 1 N–H and O–H groups in total. The van der Waals surface area contributed by atoms with E-state index in [4.69, 9.17) is 0 Å². The minimum Gasteiger partial charge on any atom is -0.354 e. The largest absolute Gasteiger partial charge is 0.354 e. The van der Waals surface area contributed by atoms with E-state index in [2.05, 4.69) is 20.8 Å². The molecule has 0 unspecified atom stereocenters. The molecule has 0 saturated carbocycles. The molecular weight excluding hydrogens is 275 g/mol. The Morgan fingerprint density at radius 2 is 2.29 bits per heavy atom. The molecule has 112 valence electrons. The number of hydrogen-bond donors (Lipinski definition) is 1. The second-order valence-electron chi connectivity index (χ2n) is 4.67. The number of carbonyl (C=O) groups excluding carboxylic acids is 1. The molecule has 0 bridgehead atoms. The first-order valence-electron chi connectivity index (χ1n) is 6.52. The van der Waals surface area contributed by atoms with Crippen LogP contribution in [0.5, 0.6) is 0 Å². The van der Waals surface area contributed by atoms with Crippen LogP contribution in [0.3, 0.4) is 0 Å². The highest BCUT2D eigenvalue weighted by Gasteiger charge is 2.11. The lowest BCUT2D eigenvalue weighted by Gasteiger charge is -2.17. The predicted octanol–water partition coefficient (Wildman–Crippen LogP) is 0.585. The number of hydrogen-bond acceptors (Lipinski definition) is 5. The van der Waals surface area contributed by atoms with E-state index in [1.54, 1.807) is 10.7 Å². The van der Waals surface area contributed by atoms with Crippen LogP contribution < -0.4 is 10.2 Å². The first-order valence-corrected chi connectivity index (χ1v) is 6.52. The highest BCUT2D eigenvalue weighted by atomic mass is 19.1. The average Bonchev–Trinajstić information content (AvgIpc) is 2.86. The Bertz CT molecular complexity index is 614. The molecule has 2 aromatic rings. The lowest BCUT2D eigenvalue weighted by molar-refractivity contribution is -0.118. The van der Waals surface area contributed by atoms with E-state index < -0.39 is 0 Å². The summed E-state index contributed by atoms with van der Waals surface area (Å²) in [5, 5.41) is 14.2. The SMILES string of the molecule is CC(=O)NCCn1nnnc1N(C)Cc1cccc(F)c1. The van der Waals surface area contributed by atoms with Crippen LogP contribution in [-0.4, -0.2) is 39.7 Å². The number of amides is 1. The van der Waals surface area contributed by atoms with Gasteiger partial charge < -0.3 is 10.2 Å². The summed E-state index contributed by atoms with van der Waals surface area (Å²) in [6.07, 6.45) is 0. The molecule has 1 aromatic heterocycles. The third-order valence-electron chi connectivity index (χ3n) is 2.86. The molecule has 0 spiro atoms. The number of anilines is 1. The van der Waals surface area contributed by atoms with Crippen LogP contribution in [-0.2, 0) is 17.9 Å². The molecule has 0 radical (unpaired) electrons. The molecular formula is C13H17FN6O. The van der Waals surface area contributed by atoms with Gasteiger partial charge in [0, 0.05) is 27.1 Å². The Balaban J connectivity index is 2.01. The molecule has 1 heterocycles. The molecule has 0 atom stereocenters. The summed E-state index contributed by atoms with van der Waals surface area (Å²) in [5.74, 6) is 0.188. The van der Waals surface area contributed by atoms with Gasteiger partial charge >= 0.3 is 0 Å². The Kier molecular flexibility index (Phi) is 4.81. The average molecular weight is 292 g/mol. The van der Waals surface area contributed by atoms with Crippen LogP contribution in [0.2, 0.25) is 0 Å². The first kappa shape index (κ1) is 14.9. The maximum absolute atomic E-state index is 13.2. The second-order valence-corrected chi connectivity index (χ2v) is 4.67. The maximum atomic E-state index is 13.2. The summed E-state index contributed by atoms with van der Waals surface area (Å²) in [6, 6.07) is 6.38. The molecule has 0 saturated heterocycles. The topological polar surface area (TPSA) is 75.9 Å². The van der Waals surface area contributed by atoms with Crippen molar-refractivity contribution in [2.24, 2.45) is 0 Å². The van der Waals surface area contributed by atoms with Crippen LogP contribution in [0, 0.1) is 5.82 Å². The van der Waals surface area contributed by atoms with Gasteiger partial charge in [0.2, 0.25) is 11.9 Å². The Morgan fingerprint density at radius 1 is 1.48 bits per heavy atom. The van der Waals surface area contributed by atoms with Gasteiger partial charge in [-0.15, -0.1) is 0 Å². The zero-order valence-electron chi connectivity index (χ0n) is 12.0. The Morgan fingerprint density at radius 3 is 3.00 bits per heavy atom. The summed E-state index contributed by atoms with van der Waals surface area (Å²) in [6.45, 7) is 2.85. The first-order chi connectivity index (χ1) is 10.1. The Hall–Kier alpha value is -2.51. The lowest BCUT2D eigenvalue weighted by Crippen LogP contribution is -2.27. The number of benzene rings is 1. The fourth-order valence-electron chi connectivity index (χ4n) is 1.94. The van der Waals surface area contributed by atoms with Crippen molar-refractivity contribution < 1.29 is 9.18 Å². The number of tetrazole rings is 1. The van der Waals surface area contributed by atoms with Crippen molar-refractivity contribution in [3.8, 4) is 0 Å². The van der Waals surface area contributed by atoms with Crippen molar-refractivity contribution in [3.63, 3.8) is 0 Å². The third-order valence-corrected chi connectivity index (χ3v) is 2.86. The predicted molar refractivity (Wildman–Crippen MR) is 75.0 cm³/mol. The normalized spacial score (nSPS) is 10.4. The summed E-state index contributed by atoms with van der Waals surface area (Å²) in [7, 11) is 1.82. The van der Waals surface area contributed by atoms with Gasteiger partial charge in [0.1, 0.15) is 5.82 Å². The number of aromatic nitrogens is 4. The molecule has 8 heteroatoms. The summed E-state index contributed by atoms with van der Waals surface area (Å²) in [4.78, 5) is 12.7. The zero-order chi connectivity index (χ0) is 15.2. The van der Waals surface area contributed by atoms with Crippen molar-refractivity contribution in [1.29, 1.82) is 0 Å². The van der Waals surface area contributed by atoms with Crippen LogP contribution >= 0.6 is 0 Å². The van der Waals surface area contributed by atoms with E-state index in [1.165, 1.54) is 19.1 Å². The molecule has 0 aliphatic carbocycles. The summed E-state index contributed by atoms with van der Waals surface area (Å²) in [5.41, 5.74) is 0.828. The lowest BCUT2D eigenvalue weighted by atomic mass is 10.2. The number of rotatable bonds is 6. The van der Waals surface area contributed by atoms with Gasteiger partial charge in [-0.25, -0.2) is 9.07 Å². The van der Waals surface area contributed by atoms with Gasteiger partial charge in [-0.2, -0.15) is 0 Å². The van der Waals surface area contributed by atoms with Gasteiger partial charge in [0.25, 0.3) is 0 Å². The van der Waals surface area contributed by atoms with Crippen molar-refractivity contribution in [2.75, 3.05) is 18.5 Å². The molecule has 0 aliphatic rings. The fraction of sp³-hybridized carbons (Fsp3) is 0.385. The highest BCUT2D eigenvalue weighted by molar-refractivity contribution is 5.72. The maximum Gasteiger partial charge on any atom is 0.245 e. The van der Waals surface area contributed by atoms with Crippen LogP contribution in [0.25, 0.3) is 0 Å². The number of carbonyl (C=O) groups is 1. The van der Waals surface area contributed by atoms with E-state index >= 15 is 0 Å². The van der Waals surface area contributed by atoms with Gasteiger partial charge in [-0.1, -0.05) is 17.2 Å². The number of nitrogens with zero attached hydrogens (tertiary/aromatic N) is 5. The van der Waals surface area contributed by atoms with E-state index in [0.717, 1.165) is 5.56 Å². The monoisotopic (exact) mass is 292 g/mol. The molecule has 1 amide bonds. The molecule has 2 rings (SSSR count). The quantitative estimate of drug-likeness (QED) is 0.843. The van der Waals surface area contributed by atoms with Gasteiger partial charge in [-0.3, -0.25) is 4.79 Å². The zero-order valence-corrected chi connectivity index (χ0v) is 12.0. The van der Waals surface area contributed by atoms with Crippen molar-refractivity contribution in [3.05, 3.63) is 35.6 Å². The Labute approximate surface area is 121 Å². The third kappa shape index (κ3) is 4.23. The standard InChI is InChI=1S/C13H17FN6O/c1-10(21)15-6-7-20-13(16-17-18-20)19(2)9-11-4-3-5-12(14)8-11/h3-5,8H,6-7,9H2,1-2H3,(H,15,21). The van der Waals surface area contributed by atoms with Crippen LogP contribution in [0.4, 0.5) is 10.3 Å². The number of halogens is 1. The van der Waals surface area contributed by atoms with E-state index in [9.17, 15) is 9.18 Å². The summed E-state index contributed by atoms with van der Waals surface area (Å²) < 4.78 is 14.8. The van der Waals surface area contributed by atoms with Crippen molar-refractivity contribution in [2.45, 2.75) is 20.0 Å². The molecule has 7 nitrogen and oxygen atoms in total. The van der Waals surface area contributed by atoms with Crippen molar-refractivity contribution >= 4 is 11.9 Å². The molecule has 1 aromatic carbocycles. The second kappa shape index (κ2) is 6.78. The van der Waals surface area contributed by atoms with Gasteiger partial charge in [0.15, 0.2) is 0 Å². The fourth-order valence-corrected chi connectivity index (χ4v) is 1.94. The molecule has 21 heavy (non-hydrogen) atoms. The minimum absolute atomic E-state index is 0.0993. The minimum atomic E-state index is -0.272. The van der Waals surface area contributed by atoms with Crippen LogP contribution in [0.1, 0.15) is 12.5 Å². The van der Waals surface area contributed by atoms with E-state index in [1.807, 2.05) is 18.0 Å². The van der Waals surface area contributed by atoms with Gasteiger partial charge in [0.05, 0.1) is 6.54 Å². The number of nitrogens with one attached hydrogen (secondary N) is 1. The van der Waals surface area contributed by atoms with Gasteiger partial charge in [-0.05, 0) is 28.1 Å². The summed E-state index contributed by atoms with van der Waals surface area (Å²) >= 11 is 0. The van der Waals surface area contributed by atoms with E-state index in [-0.39, 0.29) is 11.7 Å². The molecule has 0 aliphatic heterocycles. The van der Waals surface area contributed by atoms with Crippen LogP contribution in [0.15, 0.2) is 24.3 Å².